The number of carboxylic acids is 1. The molecule has 1 aromatic rings. The van der Waals surface area contributed by atoms with E-state index in [9.17, 15) is 9.90 Å². The highest BCUT2D eigenvalue weighted by Crippen LogP contribution is 2.22. The van der Waals surface area contributed by atoms with Gasteiger partial charge in [-0.1, -0.05) is 30.3 Å². The molecule has 0 aromatic heterocycles. The van der Waals surface area contributed by atoms with E-state index in [1.54, 1.807) is 4.90 Å². The molecule has 0 heterocycles. The second-order valence-electron chi connectivity index (χ2n) is 4.76. The standard InChI is InChI=1S/C14H21NO3/c1-10(2)15(9-13(16)17)11(3)14(18)12-7-5-4-6-8-12/h4-8,10-11,14,18H,9H2,1-3H3,(H,16,17)/t11-,14-/m1/s1. The minimum atomic E-state index is -0.879. The number of nitrogens with zero attached hydrogens (tertiary/aromatic N) is 1. The summed E-state index contributed by atoms with van der Waals surface area (Å²) in [7, 11) is 0. The first-order chi connectivity index (χ1) is 8.43. The summed E-state index contributed by atoms with van der Waals surface area (Å²) in [5.41, 5.74) is 0.807. The molecule has 0 saturated carbocycles. The van der Waals surface area contributed by atoms with Gasteiger partial charge in [0.05, 0.1) is 12.6 Å². The maximum absolute atomic E-state index is 10.9. The molecule has 1 aromatic carbocycles. The molecule has 0 bridgehead atoms. The summed E-state index contributed by atoms with van der Waals surface area (Å²) >= 11 is 0. The van der Waals surface area contributed by atoms with Crippen LogP contribution in [0.25, 0.3) is 0 Å². The average Bonchev–Trinajstić information content (AvgIpc) is 2.34. The number of hydrogen-bond acceptors (Lipinski definition) is 3. The molecule has 0 aliphatic carbocycles. The van der Waals surface area contributed by atoms with Crippen molar-refractivity contribution in [3.05, 3.63) is 35.9 Å². The molecule has 4 nitrogen and oxygen atoms in total. The van der Waals surface area contributed by atoms with Gasteiger partial charge in [-0.25, -0.2) is 0 Å². The molecule has 0 amide bonds. The highest BCUT2D eigenvalue weighted by Gasteiger charge is 2.26. The third kappa shape index (κ3) is 3.82. The lowest BCUT2D eigenvalue weighted by atomic mass is 10.0. The van der Waals surface area contributed by atoms with E-state index >= 15 is 0 Å². The summed E-state index contributed by atoms with van der Waals surface area (Å²) in [6.07, 6.45) is -0.687. The third-order valence-electron chi connectivity index (χ3n) is 3.10. The van der Waals surface area contributed by atoms with Gasteiger partial charge in [-0.2, -0.15) is 0 Å². The van der Waals surface area contributed by atoms with E-state index in [1.165, 1.54) is 0 Å². The number of aliphatic hydroxyl groups is 1. The minimum absolute atomic E-state index is 0.0643. The van der Waals surface area contributed by atoms with Crippen molar-refractivity contribution >= 4 is 5.97 Å². The zero-order valence-corrected chi connectivity index (χ0v) is 11.1. The fourth-order valence-corrected chi connectivity index (χ4v) is 2.06. The molecule has 18 heavy (non-hydrogen) atoms. The van der Waals surface area contributed by atoms with Gasteiger partial charge in [0.2, 0.25) is 0 Å². The Morgan fingerprint density at radius 2 is 1.78 bits per heavy atom. The maximum Gasteiger partial charge on any atom is 0.317 e. The van der Waals surface area contributed by atoms with Crippen LogP contribution in [-0.4, -0.2) is 39.7 Å². The van der Waals surface area contributed by atoms with Crippen LogP contribution in [0.15, 0.2) is 30.3 Å². The summed E-state index contributed by atoms with van der Waals surface area (Å²) in [5, 5.41) is 19.2. The van der Waals surface area contributed by atoms with Gasteiger partial charge in [-0.3, -0.25) is 9.69 Å². The average molecular weight is 251 g/mol. The summed E-state index contributed by atoms with van der Waals surface area (Å²) < 4.78 is 0. The van der Waals surface area contributed by atoms with Gasteiger partial charge >= 0.3 is 5.97 Å². The zero-order valence-electron chi connectivity index (χ0n) is 11.1. The van der Waals surface area contributed by atoms with Gasteiger partial charge in [0.15, 0.2) is 0 Å². The number of rotatable bonds is 6. The Kier molecular flexibility index (Phi) is 5.31. The monoisotopic (exact) mass is 251 g/mol. The van der Waals surface area contributed by atoms with Crippen LogP contribution in [-0.2, 0) is 4.79 Å². The van der Waals surface area contributed by atoms with Crippen molar-refractivity contribution in [3.8, 4) is 0 Å². The van der Waals surface area contributed by atoms with E-state index in [2.05, 4.69) is 0 Å². The van der Waals surface area contributed by atoms with E-state index in [4.69, 9.17) is 5.11 Å². The van der Waals surface area contributed by atoms with Crippen molar-refractivity contribution in [1.82, 2.24) is 4.90 Å². The first-order valence-electron chi connectivity index (χ1n) is 6.14. The number of benzene rings is 1. The zero-order chi connectivity index (χ0) is 13.7. The van der Waals surface area contributed by atoms with E-state index in [1.807, 2.05) is 51.1 Å². The topological polar surface area (TPSA) is 60.8 Å². The minimum Gasteiger partial charge on any atom is -0.480 e. The number of carboxylic acid groups (broad SMARTS) is 1. The van der Waals surface area contributed by atoms with Crippen molar-refractivity contribution in [2.24, 2.45) is 0 Å². The van der Waals surface area contributed by atoms with Crippen LogP contribution in [0.5, 0.6) is 0 Å². The molecule has 0 fully saturated rings. The molecule has 100 valence electrons. The van der Waals surface area contributed by atoms with E-state index in [0.717, 1.165) is 5.56 Å². The maximum atomic E-state index is 10.9. The summed E-state index contributed by atoms with van der Waals surface area (Å²) in [6, 6.07) is 9.13. The Hall–Kier alpha value is -1.39. The van der Waals surface area contributed by atoms with Crippen LogP contribution in [0.2, 0.25) is 0 Å². The van der Waals surface area contributed by atoms with Gasteiger partial charge < -0.3 is 10.2 Å². The molecule has 0 saturated heterocycles. The Bertz CT molecular complexity index is 378. The second-order valence-corrected chi connectivity index (χ2v) is 4.76. The van der Waals surface area contributed by atoms with Crippen molar-refractivity contribution in [2.75, 3.05) is 6.54 Å². The fourth-order valence-electron chi connectivity index (χ4n) is 2.06. The largest absolute Gasteiger partial charge is 0.480 e. The summed E-state index contributed by atoms with van der Waals surface area (Å²) in [5.74, 6) is -0.879. The first-order valence-corrected chi connectivity index (χ1v) is 6.14. The molecule has 1 rings (SSSR count). The highest BCUT2D eigenvalue weighted by molar-refractivity contribution is 5.69. The quantitative estimate of drug-likeness (QED) is 0.810. The van der Waals surface area contributed by atoms with Gasteiger partial charge in [0.1, 0.15) is 0 Å². The number of aliphatic hydroxyl groups excluding tert-OH is 1. The molecule has 0 radical (unpaired) electrons. The number of hydrogen-bond donors (Lipinski definition) is 2. The lowest BCUT2D eigenvalue weighted by Crippen LogP contribution is -2.45. The second kappa shape index (κ2) is 6.52. The Balaban J connectivity index is 2.82. The molecular weight excluding hydrogens is 230 g/mol. The van der Waals surface area contributed by atoms with E-state index in [-0.39, 0.29) is 18.6 Å². The Labute approximate surface area is 108 Å². The fraction of sp³-hybridized carbons (Fsp3) is 0.500. The normalized spacial score (nSPS) is 14.8. The SMILES string of the molecule is CC(C)N(CC(=O)O)[C@H](C)[C@@H](O)c1ccccc1. The van der Waals surface area contributed by atoms with Crippen molar-refractivity contribution in [3.63, 3.8) is 0 Å². The predicted molar refractivity (Wildman–Crippen MR) is 70.3 cm³/mol. The van der Waals surface area contributed by atoms with Gasteiger partial charge in [0, 0.05) is 12.1 Å². The van der Waals surface area contributed by atoms with Crippen LogP contribution in [0.3, 0.4) is 0 Å². The Morgan fingerprint density at radius 1 is 1.22 bits per heavy atom. The van der Waals surface area contributed by atoms with Crippen LogP contribution in [0.4, 0.5) is 0 Å². The first kappa shape index (κ1) is 14.7. The predicted octanol–water partition coefficient (Wildman–Crippen LogP) is 1.90. The van der Waals surface area contributed by atoms with Crippen LogP contribution >= 0.6 is 0 Å². The highest BCUT2D eigenvalue weighted by atomic mass is 16.4. The van der Waals surface area contributed by atoms with Crippen LogP contribution in [0, 0.1) is 0 Å². The lowest BCUT2D eigenvalue weighted by Gasteiger charge is -2.34. The summed E-state index contributed by atoms with van der Waals surface area (Å²) in [4.78, 5) is 12.6. The molecule has 4 heteroatoms. The van der Waals surface area contributed by atoms with Crippen molar-refractivity contribution < 1.29 is 15.0 Å². The van der Waals surface area contributed by atoms with E-state index in [0.29, 0.717) is 0 Å². The molecule has 0 aliphatic rings. The van der Waals surface area contributed by atoms with Gasteiger partial charge in [-0.15, -0.1) is 0 Å². The molecule has 0 spiro atoms. The summed E-state index contributed by atoms with van der Waals surface area (Å²) in [6.45, 7) is 5.64. The van der Waals surface area contributed by atoms with Crippen molar-refractivity contribution in [2.45, 2.75) is 39.0 Å². The molecule has 2 N–H and O–H groups in total. The van der Waals surface area contributed by atoms with Gasteiger partial charge in [0.25, 0.3) is 0 Å². The van der Waals surface area contributed by atoms with Gasteiger partial charge in [-0.05, 0) is 26.3 Å². The molecule has 2 atom stereocenters. The van der Waals surface area contributed by atoms with Crippen LogP contribution in [0.1, 0.15) is 32.4 Å². The third-order valence-corrected chi connectivity index (χ3v) is 3.10. The van der Waals surface area contributed by atoms with Crippen LogP contribution < -0.4 is 0 Å². The number of carbonyl (C=O) groups is 1. The van der Waals surface area contributed by atoms with Crippen molar-refractivity contribution in [1.29, 1.82) is 0 Å². The molecular formula is C14H21NO3. The molecule has 0 aliphatic heterocycles. The van der Waals surface area contributed by atoms with E-state index < -0.39 is 12.1 Å². The smallest absolute Gasteiger partial charge is 0.317 e. The molecule has 0 unspecified atom stereocenters. The Morgan fingerprint density at radius 3 is 2.22 bits per heavy atom. The lowest BCUT2D eigenvalue weighted by molar-refractivity contribution is -0.140. The number of aliphatic carboxylic acids is 1.